The smallest absolute Gasteiger partial charge is 0.230 e. The van der Waals surface area contributed by atoms with Crippen LogP contribution in [0.1, 0.15) is 38.8 Å². The van der Waals surface area contributed by atoms with Crippen molar-refractivity contribution in [2.75, 3.05) is 5.75 Å². The first-order valence-electron chi connectivity index (χ1n) is 7.62. The van der Waals surface area contributed by atoms with Gasteiger partial charge in [0.25, 0.3) is 0 Å². The maximum absolute atomic E-state index is 12.0. The minimum Gasteiger partial charge on any atom is -0.351 e. The van der Waals surface area contributed by atoms with E-state index in [9.17, 15) is 4.79 Å². The Morgan fingerprint density at radius 3 is 2.64 bits per heavy atom. The van der Waals surface area contributed by atoms with Gasteiger partial charge < -0.3 is 5.32 Å². The lowest BCUT2D eigenvalue weighted by Gasteiger charge is -2.20. The molecule has 0 saturated carbocycles. The number of nitrogens with one attached hydrogen (secondary N) is 1. The second-order valence-electron chi connectivity index (χ2n) is 6.59. The Balaban J connectivity index is 2.20. The van der Waals surface area contributed by atoms with Crippen LogP contribution in [-0.4, -0.2) is 22.2 Å². The highest BCUT2D eigenvalue weighted by atomic mass is 32.2. The molecule has 0 spiro atoms. The van der Waals surface area contributed by atoms with E-state index in [0.717, 1.165) is 17.0 Å². The largest absolute Gasteiger partial charge is 0.351 e. The maximum atomic E-state index is 12.0. The second-order valence-corrected chi connectivity index (χ2v) is 7.55. The minimum atomic E-state index is -0.195. The predicted molar refractivity (Wildman–Crippen MR) is 94.5 cm³/mol. The number of aryl methyl sites for hydroxylation is 2. The van der Waals surface area contributed by atoms with Gasteiger partial charge in [-0.25, -0.2) is 4.98 Å². The summed E-state index contributed by atoms with van der Waals surface area (Å²) in [5, 5.41) is 5.11. The molecule has 118 valence electrons. The van der Waals surface area contributed by atoms with Crippen molar-refractivity contribution in [2.45, 2.75) is 51.6 Å². The highest BCUT2D eigenvalue weighted by Crippen LogP contribution is 2.26. The second kappa shape index (κ2) is 6.69. The van der Waals surface area contributed by atoms with Gasteiger partial charge in [-0.2, -0.15) is 0 Å². The van der Waals surface area contributed by atoms with E-state index in [0.29, 0.717) is 5.75 Å². The van der Waals surface area contributed by atoms with Crippen LogP contribution in [0.3, 0.4) is 0 Å². The zero-order valence-corrected chi connectivity index (χ0v) is 14.8. The van der Waals surface area contributed by atoms with Gasteiger partial charge >= 0.3 is 0 Å². The summed E-state index contributed by atoms with van der Waals surface area (Å²) < 4.78 is 0. The summed E-state index contributed by atoms with van der Waals surface area (Å²) >= 11 is 1.52. The average Bonchev–Trinajstić information content (AvgIpc) is 2.42. The van der Waals surface area contributed by atoms with Gasteiger partial charge in [0.15, 0.2) is 0 Å². The fraction of sp³-hybridized carbons (Fsp3) is 0.444. The molecule has 22 heavy (non-hydrogen) atoms. The highest BCUT2D eigenvalue weighted by molar-refractivity contribution is 7.99. The lowest BCUT2D eigenvalue weighted by atomic mass is 10.1. The Bertz CT molecular complexity index is 689. The molecule has 1 aromatic heterocycles. The molecular weight excluding hydrogens is 292 g/mol. The Morgan fingerprint density at radius 2 is 2.00 bits per heavy atom. The molecule has 0 unspecified atom stereocenters. The van der Waals surface area contributed by atoms with Crippen molar-refractivity contribution in [3.8, 4) is 0 Å². The van der Waals surface area contributed by atoms with Crippen LogP contribution in [0.15, 0.2) is 29.3 Å². The number of carbonyl (C=O) groups is 1. The van der Waals surface area contributed by atoms with Crippen LogP contribution in [0.2, 0.25) is 0 Å². The molecule has 0 atom stereocenters. The maximum Gasteiger partial charge on any atom is 0.230 e. The van der Waals surface area contributed by atoms with E-state index in [1.54, 1.807) is 0 Å². The fourth-order valence-electron chi connectivity index (χ4n) is 2.29. The molecule has 4 heteroatoms. The standard InChI is InChI=1S/C18H24N2OS/c1-6-13-10-14-9-12(2)7-8-15(14)19-17(13)22-11-16(21)20-18(3,4)5/h7-10H,6,11H2,1-5H3,(H,20,21). The molecule has 0 radical (unpaired) electrons. The first kappa shape index (κ1) is 16.8. The van der Waals surface area contributed by atoms with Gasteiger partial charge in [0.05, 0.1) is 11.3 Å². The molecule has 0 aliphatic heterocycles. The molecule has 1 N–H and O–H groups in total. The van der Waals surface area contributed by atoms with Crippen LogP contribution in [-0.2, 0) is 11.2 Å². The number of aromatic nitrogens is 1. The van der Waals surface area contributed by atoms with Crippen LogP contribution in [0.4, 0.5) is 0 Å². The number of nitrogens with zero attached hydrogens (tertiary/aromatic N) is 1. The van der Waals surface area contributed by atoms with Crippen molar-refractivity contribution in [1.82, 2.24) is 10.3 Å². The van der Waals surface area contributed by atoms with Crippen LogP contribution in [0, 0.1) is 6.92 Å². The van der Waals surface area contributed by atoms with Crippen molar-refractivity contribution < 1.29 is 4.79 Å². The van der Waals surface area contributed by atoms with Crippen molar-refractivity contribution in [3.05, 3.63) is 35.4 Å². The summed E-state index contributed by atoms with van der Waals surface area (Å²) in [6.07, 6.45) is 0.917. The Labute approximate surface area is 136 Å². The van der Waals surface area contributed by atoms with Gasteiger partial charge in [-0.05, 0) is 57.9 Å². The van der Waals surface area contributed by atoms with Gasteiger partial charge in [-0.1, -0.05) is 30.3 Å². The summed E-state index contributed by atoms with van der Waals surface area (Å²) in [6, 6.07) is 8.46. The quantitative estimate of drug-likeness (QED) is 0.863. The van der Waals surface area contributed by atoms with E-state index >= 15 is 0 Å². The number of thioether (sulfide) groups is 1. The number of benzene rings is 1. The van der Waals surface area contributed by atoms with Crippen molar-refractivity contribution in [1.29, 1.82) is 0 Å². The van der Waals surface area contributed by atoms with E-state index in [-0.39, 0.29) is 11.4 Å². The van der Waals surface area contributed by atoms with Gasteiger partial charge in [-0.3, -0.25) is 4.79 Å². The molecule has 0 fully saturated rings. The SMILES string of the molecule is CCc1cc2cc(C)ccc2nc1SCC(=O)NC(C)(C)C. The number of rotatable bonds is 4. The first-order valence-corrected chi connectivity index (χ1v) is 8.61. The molecule has 3 nitrogen and oxygen atoms in total. The number of hydrogen-bond donors (Lipinski definition) is 1. The zero-order chi connectivity index (χ0) is 16.3. The van der Waals surface area contributed by atoms with Crippen LogP contribution >= 0.6 is 11.8 Å². The van der Waals surface area contributed by atoms with Gasteiger partial charge in [0.1, 0.15) is 5.03 Å². The van der Waals surface area contributed by atoms with Gasteiger partial charge in [-0.15, -0.1) is 0 Å². The third-order valence-electron chi connectivity index (χ3n) is 3.24. The molecule has 0 saturated heterocycles. The number of hydrogen-bond acceptors (Lipinski definition) is 3. The first-order chi connectivity index (χ1) is 10.3. The van der Waals surface area contributed by atoms with Gasteiger partial charge in [0, 0.05) is 10.9 Å². The highest BCUT2D eigenvalue weighted by Gasteiger charge is 2.15. The van der Waals surface area contributed by atoms with Crippen molar-refractivity contribution >= 4 is 28.6 Å². The number of amides is 1. The third-order valence-corrected chi connectivity index (χ3v) is 4.28. The lowest BCUT2D eigenvalue weighted by molar-refractivity contribution is -0.119. The third kappa shape index (κ3) is 4.47. The number of fused-ring (bicyclic) bond motifs is 1. The average molecular weight is 316 g/mol. The van der Waals surface area contributed by atoms with Crippen LogP contribution < -0.4 is 5.32 Å². The summed E-state index contributed by atoms with van der Waals surface area (Å²) in [5.41, 5.74) is 3.23. The van der Waals surface area contributed by atoms with Gasteiger partial charge in [0.2, 0.25) is 5.91 Å². The number of carbonyl (C=O) groups excluding carboxylic acids is 1. The molecule has 2 aromatic rings. The Morgan fingerprint density at radius 1 is 1.27 bits per heavy atom. The molecular formula is C18H24N2OS. The van der Waals surface area contributed by atoms with E-state index in [1.807, 2.05) is 26.8 Å². The molecule has 0 aliphatic carbocycles. The summed E-state index contributed by atoms with van der Waals surface area (Å²) in [4.78, 5) is 16.7. The zero-order valence-electron chi connectivity index (χ0n) is 14.0. The lowest BCUT2D eigenvalue weighted by Crippen LogP contribution is -2.41. The van der Waals surface area contributed by atoms with Crippen molar-refractivity contribution in [2.24, 2.45) is 0 Å². The van der Waals surface area contributed by atoms with Crippen molar-refractivity contribution in [3.63, 3.8) is 0 Å². The molecule has 1 aromatic carbocycles. The Kier molecular flexibility index (Phi) is 5.12. The normalized spacial score (nSPS) is 11.7. The molecule has 2 rings (SSSR count). The monoisotopic (exact) mass is 316 g/mol. The molecule has 0 bridgehead atoms. The number of pyridine rings is 1. The van der Waals surface area contributed by atoms with E-state index in [2.05, 4.69) is 37.4 Å². The molecule has 1 amide bonds. The summed E-state index contributed by atoms with van der Waals surface area (Å²) in [7, 11) is 0. The summed E-state index contributed by atoms with van der Waals surface area (Å²) in [6.45, 7) is 10.2. The van der Waals surface area contributed by atoms with Crippen LogP contribution in [0.5, 0.6) is 0 Å². The predicted octanol–water partition coefficient (Wildman–Crippen LogP) is 4.11. The van der Waals surface area contributed by atoms with E-state index in [1.165, 1.54) is 28.3 Å². The Hall–Kier alpha value is -1.55. The van der Waals surface area contributed by atoms with E-state index in [4.69, 9.17) is 4.98 Å². The molecule has 0 aliphatic rings. The molecule has 1 heterocycles. The fourth-order valence-corrected chi connectivity index (χ4v) is 3.18. The topological polar surface area (TPSA) is 42.0 Å². The minimum absolute atomic E-state index is 0.0466. The van der Waals surface area contributed by atoms with E-state index < -0.39 is 0 Å². The summed E-state index contributed by atoms with van der Waals surface area (Å²) in [5.74, 6) is 0.444. The van der Waals surface area contributed by atoms with Crippen LogP contribution in [0.25, 0.3) is 10.9 Å².